The minimum absolute atomic E-state index is 0. The topological polar surface area (TPSA) is 44.5 Å². The van der Waals surface area contributed by atoms with Crippen molar-refractivity contribution < 1.29 is 9.47 Å². The average Bonchev–Trinajstić information content (AvgIpc) is 2.91. The Kier molecular flexibility index (Phi) is 4.11. The Bertz CT molecular complexity index is 516. The Morgan fingerprint density at radius 1 is 1.11 bits per heavy atom. The number of fused-ring (bicyclic) bond motifs is 1. The van der Waals surface area contributed by atoms with E-state index in [1.807, 2.05) is 35.7 Å². The summed E-state index contributed by atoms with van der Waals surface area (Å²) in [5.41, 5.74) is 7.25. The summed E-state index contributed by atoms with van der Waals surface area (Å²) in [5, 5.41) is 2.03. The third-order valence-electron chi connectivity index (χ3n) is 2.78. The van der Waals surface area contributed by atoms with E-state index in [1.165, 1.54) is 0 Å². The SMILES string of the molecule is Cl.N[C@@H](c1cccs1)c1cccc2c1OCCO2. The van der Waals surface area contributed by atoms with Crippen LogP contribution in [-0.4, -0.2) is 13.2 Å². The van der Waals surface area contributed by atoms with Crippen LogP contribution in [0.1, 0.15) is 16.5 Å². The third-order valence-corrected chi connectivity index (χ3v) is 3.74. The van der Waals surface area contributed by atoms with Gasteiger partial charge in [0.25, 0.3) is 0 Å². The van der Waals surface area contributed by atoms with Gasteiger partial charge in [0.2, 0.25) is 0 Å². The van der Waals surface area contributed by atoms with Crippen LogP contribution < -0.4 is 15.2 Å². The highest BCUT2D eigenvalue weighted by Gasteiger charge is 2.21. The van der Waals surface area contributed by atoms with Gasteiger partial charge in [0.1, 0.15) is 13.2 Å². The largest absolute Gasteiger partial charge is 0.486 e. The molecular formula is C13H14ClNO2S. The van der Waals surface area contributed by atoms with Gasteiger partial charge >= 0.3 is 0 Å². The number of halogens is 1. The van der Waals surface area contributed by atoms with Crippen molar-refractivity contribution in [2.24, 2.45) is 5.73 Å². The first-order valence-corrected chi connectivity index (χ1v) is 6.42. The summed E-state index contributed by atoms with van der Waals surface area (Å²) in [7, 11) is 0. The summed E-state index contributed by atoms with van der Waals surface area (Å²) in [5.74, 6) is 1.58. The molecule has 1 atom stereocenters. The molecule has 2 aromatic rings. The van der Waals surface area contributed by atoms with Crippen molar-refractivity contribution in [2.45, 2.75) is 6.04 Å². The lowest BCUT2D eigenvalue weighted by Gasteiger charge is -2.23. The number of para-hydroxylation sites is 1. The molecule has 0 bridgehead atoms. The summed E-state index contributed by atoms with van der Waals surface area (Å²) in [6.07, 6.45) is 0. The highest BCUT2D eigenvalue weighted by Crippen LogP contribution is 2.38. The van der Waals surface area contributed by atoms with Gasteiger partial charge in [0.15, 0.2) is 11.5 Å². The molecule has 1 aliphatic rings. The van der Waals surface area contributed by atoms with E-state index < -0.39 is 0 Å². The average molecular weight is 284 g/mol. The Balaban J connectivity index is 0.00000120. The standard InChI is InChI=1S/C13H13NO2S.ClH/c14-12(11-5-2-8-17-11)9-3-1-4-10-13(9)16-7-6-15-10;/h1-5,8,12H,6-7,14H2;1H/t12-;/m1./s1. The van der Waals surface area contributed by atoms with Gasteiger partial charge in [-0.1, -0.05) is 18.2 Å². The molecule has 18 heavy (non-hydrogen) atoms. The molecule has 3 rings (SSSR count). The maximum absolute atomic E-state index is 6.26. The zero-order valence-electron chi connectivity index (χ0n) is 9.67. The molecule has 96 valence electrons. The van der Waals surface area contributed by atoms with Gasteiger partial charge in [-0.2, -0.15) is 0 Å². The summed E-state index contributed by atoms with van der Waals surface area (Å²) < 4.78 is 11.2. The molecule has 1 aromatic heterocycles. The van der Waals surface area contributed by atoms with Crippen LogP contribution in [0.5, 0.6) is 11.5 Å². The van der Waals surface area contributed by atoms with Crippen LogP contribution in [0.2, 0.25) is 0 Å². The molecule has 1 aliphatic heterocycles. The normalized spacial score (nSPS) is 14.7. The molecule has 2 heterocycles. The fourth-order valence-electron chi connectivity index (χ4n) is 1.96. The molecule has 0 radical (unpaired) electrons. The number of benzene rings is 1. The second kappa shape index (κ2) is 5.61. The Morgan fingerprint density at radius 2 is 1.94 bits per heavy atom. The number of thiophene rings is 1. The smallest absolute Gasteiger partial charge is 0.166 e. The lowest BCUT2D eigenvalue weighted by Crippen LogP contribution is -2.19. The van der Waals surface area contributed by atoms with Crippen LogP contribution in [0.25, 0.3) is 0 Å². The van der Waals surface area contributed by atoms with E-state index in [0.29, 0.717) is 13.2 Å². The van der Waals surface area contributed by atoms with Gasteiger partial charge in [-0.05, 0) is 17.5 Å². The highest BCUT2D eigenvalue weighted by atomic mass is 35.5. The van der Waals surface area contributed by atoms with Crippen LogP contribution in [0.15, 0.2) is 35.7 Å². The van der Waals surface area contributed by atoms with Gasteiger partial charge in [0.05, 0.1) is 6.04 Å². The van der Waals surface area contributed by atoms with Crippen molar-refractivity contribution >= 4 is 23.7 Å². The maximum Gasteiger partial charge on any atom is 0.166 e. The van der Waals surface area contributed by atoms with Crippen LogP contribution in [0.3, 0.4) is 0 Å². The second-order valence-corrected chi connectivity index (χ2v) is 4.84. The molecule has 0 saturated heterocycles. The maximum atomic E-state index is 6.26. The van der Waals surface area contributed by atoms with Gasteiger partial charge < -0.3 is 15.2 Å². The van der Waals surface area contributed by atoms with Gasteiger partial charge in [-0.25, -0.2) is 0 Å². The number of ether oxygens (including phenoxy) is 2. The molecule has 5 heteroatoms. The second-order valence-electron chi connectivity index (χ2n) is 3.86. The molecule has 0 aliphatic carbocycles. The predicted octanol–water partition coefficient (Wildman–Crippen LogP) is 2.99. The molecule has 0 spiro atoms. The lowest BCUT2D eigenvalue weighted by atomic mass is 10.0. The molecule has 0 saturated carbocycles. The zero-order chi connectivity index (χ0) is 11.7. The number of rotatable bonds is 2. The summed E-state index contributed by atoms with van der Waals surface area (Å²) >= 11 is 1.66. The van der Waals surface area contributed by atoms with E-state index in [9.17, 15) is 0 Å². The van der Waals surface area contributed by atoms with Crippen LogP contribution in [0, 0.1) is 0 Å². The van der Waals surface area contributed by atoms with E-state index in [2.05, 4.69) is 0 Å². The van der Waals surface area contributed by atoms with E-state index in [0.717, 1.165) is 21.9 Å². The molecule has 3 nitrogen and oxygen atoms in total. The summed E-state index contributed by atoms with van der Waals surface area (Å²) in [6, 6.07) is 9.77. The minimum atomic E-state index is -0.147. The molecule has 0 fully saturated rings. The summed E-state index contributed by atoms with van der Waals surface area (Å²) in [4.78, 5) is 1.13. The first-order chi connectivity index (χ1) is 8.36. The van der Waals surface area contributed by atoms with Crippen molar-refractivity contribution in [3.05, 3.63) is 46.2 Å². The Morgan fingerprint density at radius 3 is 2.72 bits per heavy atom. The van der Waals surface area contributed by atoms with Gasteiger partial charge in [-0.3, -0.25) is 0 Å². The summed E-state index contributed by atoms with van der Waals surface area (Å²) in [6.45, 7) is 1.19. The Labute approximate surface area is 116 Å². The van der Waals surface area contributed by atoms with Crippen molar-refractivity contribution in [3.63, 3.8) is 0 Å². The lowest BCUT2D eigenvalue weighted by molar-refractivity contribution is 0.169. The van der Waals surface area contributed by atoms with Crippen molar-refractivity contribution in [1.29, 1.82) is 0 Å². The Hall–Kier alpha value is -1.23. The van der Waals surface area contributed by atoms with E-state index in [4.69, 9.17) is 15.2 Å². The number of hydrogen-bond donors (Lipinski definition) is 1. The quantitative estimate of drug-likeness (QED) is 0.921. The first kappa shape index (κ1) is 13.2. The molecule has 0 unspecified atom stereocenters. The van der Waals surface area contributed by atoms with Crippen LogP contribution >= 0.6 is 23.7 Å². The van der Waals surface area contributed by atoms with Gasteiger partial charge in [0, 0.05) is 10.4 Å². The van der Waals surface area contributed by atoms with Crippen molar-refractivity contribution in [1.82, 2.24) is 0 Å². The van der Waals surface area contributed by atoms with Crippen LogP contribution in [0.4, 0.5) is 0 Å². The molecule has 0 amide bonds. The van der Waals surface area contributed by atoms with E-state index >= 15 is 0 Å². The fraction of sp³-hybridized carbons (Fsp3) is 0.231. The fourth-order valence-corrected chi connectivity index (χ4v) is 2.71. The molecular weight excluding hydrogens is 270 g/mol. The van der Waals surface area contributed by atoms with Gasteiger partial charge in [-0.15, -0.1) is 23.7 Å². The number of nitrogens with two attached hydrogens (primary N) is 1. The van der Waals surface area contributed by atoms with E-state index in [1.54, 1.807) is 11.3 Å². The zero-order valence-corrected chi connectivity index (χ0v) is 11.3. The van der Waals surface area contributed by atoms with Crippen molar-refractivity contribution in [3.8, 4) is 11.5 Å². The predicted molar refractivity (Wildman–Crippen MR) is 75.0 cm³/mol. The minimum Gasteiger partial charge on any atom is -0.486 e. The highest BCUT2D eigenvalue weighted by molar-refractivity contribution is 7.10. The molecule has 1 aromatic carbocycles. The third kappa shape index (κ3) is 2.32. The molecule has 2 N–H and O–H groups in total. The van der Waals surface area contributed by atoms with Crippen molar-refractivity contribution in [2.75, 3.05) is 13.2 Å². The first-order valence-electron chi connectivity index (χ1n) is 5.54. The monoisotopic (exact) mass is 283 g/mol. The van der Waals surface area contributed by atoms with Crippen LogP contribution in [-0.2, 0) is 0 Å². The number of hydrogen-bond acceptors (Lipinski definition) is 4. The van der Waals surface area contributed by atoms with E-state index in [-0.39, 0.29) is 18.4 Å².